The van der Waals surface area contributed by atoms with Crippen LogP contribution in [-0.2, 0) is 23.8 Å². The zero-order chi connectivity index (χ0) is 37.4. The quantitative estimate of drug-likeness (QED) is 0.119. The third-order valence-corrected chi connectivity index (χ3v) is 9.55. The van der Waals surface area contributed by atoms with Gasteiger partial charge in [-0.3, -0.25) is 15.0 Å². The highest BCUT2D eigenvalue weighted by atomic mass is 35.5. The normalized spacial score (nSPS) is 36.3. The van der Waals surface area contributed by atoms with Crippen LogP contribution in [0.3, 0.4) is 0 Å². The number of aliphatic hydroxyl groups excluding tert-OH is 5. The molecule has 1 aromatic rings. The molecule has 10 N–H and O–H groups in total. The second-order valence-electron chi connectivity index (χ2n) is 12.3. The average molecular weight is 732 g/mol. The molecule has 50 heavy (non-hydrogen) atoms. The molecule has 12 atom stereocenters. The molecule has 4 aliphatic rings. The maximum atomic E-state index is 13.3. The number of carboxylic acid groups (broad SMARTS) is 1. The zero-order valence-electron chi connectivity index (χ0n) is 27.7. The average Bonchev–Trinajstić information content (AvgIpc) is 3.39. The number of methoxy groups -OCH3 is 3. The standard InChI is InChI=1S/C17H17ClO6.C14H25N3O9/c1-8-5-9(19)6-12(23-4)17(8)16(20)13-10(21-2)7-11(22-3)14(18)15(13)24-17;1-3-5(17-12(16)13(23)24)2-4(15)14(25-3)26-11-9(21)7(19)6(18)8(20)10(11)22/h6-8H,5H2,1-4H3;3-11,14,18-22H,2,15H2,1H3,(H2,16,17)(H,23,24)/t8-,17+;3-,4+,5+,6-,7+,8+,9-,10+,11+,14-/m11/s1. The van der Waals surface area contributed by atoms with Gasteiger partial charge >= 0.3 is 5.97 Å². The van der Waals surface area contributed by atoms with Crippen LogP contribution in [0.1, 0.15) is 37.0 Å². The number of carbonyl (C=O) groups is 3. The van der Waals surface area contributed by atoms with Crippen molar-refractivity contribution in [2.75, 3.05) is 21.3 Å². The molecule has 1 saturated carbocycles. The summed E-state index contributed by atoms with van der Waals surface area (Å²) in [6.45, 7) is 3.36. The molecule has 2 heterocycles. The number of aliphatic hydroxyl groups is 5. The first-order chi connectivity index (χ1) is 23.4. The molecule has 278 valence electrons. The minimum absolute atomic E-state index is 0.118. The van der Waals surface area contributed by atoms with Crippen LogP contribution >= 0.6 is 11.6 Å². The van der Waals surface area contributed by atoms with E-state index in [1.54, 1.807) is 13.8 Å². The Kier molecular flexibility index (Phi) is 12.0. The van der Waals surface area contributed by atoms with Crippen LogP contribution in [0, 0.1) is 11.3 Å². The van der Waals surface area contributed by atoms with Gasteiger partial charge in [0.1, 0.15) is 58.7 Å². The summed E-state index contributed by atoms with van der Waals surface area (Å²) >= 11 is 6.33. The van der Waals surface area contributed by atoms with Gasteiger partial charge in [-0.25, -0.2) is 4.79 Å². The van der Waals surface area contributed by atoms with Crippen molar-refractivity contribution in [2.45, 2.75) is 93.4 Å². The van der Waals surface area contributed by atoms with Crippen molar-refractivity contribution in [1.29, 1.82) is 5.41 Å². The highest BCUT2D eigenvalue weighted by Gasteiger charge is 2.60. The number of allylic oxidation sites excluding steroid dienone is 1. The van der Waals surface area contributed by atoms with Crippen LogP contribution in [-0.4, -0.2) is 142 Å². The lowest BCUT2D eigenvalue weighted by atomic mass is 9.75. The van der Waals surface area contributed by atoms with E-state index in [4.69, 9.17) is 56.3 Å². The minimum atomic E-state index is -1.74. The van der Waals surface area contributed by atoms with E-state index < -0.39 is 84.4 Å². The molecule has 0 amide bonds. The number of benzene rings is 1. The van der Waals surface area contributed by atoms with E-state index >= 15 is 0 Å². The van der Waals surface area contributed by atoms with E-state index in [0.717, 1.165) is 0 Å². The molecule has 19 heteroatoms. The first kappa shape index (κ1) is 39.2. The van der Waals surface area contributed by atoms with Crippen LogP contribution in [0.5, 0.6) is 17.2 Å². The fourth-order valence-electron chi connectivity index (χ4n) is 6.37. The Hall–Kier alpha value is -3.59. The summed E-state index contributed by atoms with van der Waals surface area (Å²) in [5.41, 5.74) is 4.75. The van der Waals surface area contributed by atoms with E-state index in [1.165, 1.54) is 33.5 Å². The number of rotatable bonds is 6. The van der Waals surface area contributed by atoms with Crippen LogP contribution in [0.2, 0.25) is 5.02 Å². The molecule has 1 saturated heterocycles. The third kappa shape index (κ3) is 6.99. The van der Waals surface area contributed by atoms with Gasteiger partial charge in [0.15, 0.2) is 23.6 Å². The summed E-state index contributed by atoms with van der Waals surface area (Å²) in [4.78, 5) is 35.9. The van der Waals surface area contributed by atoms with E-state index in [-0.39, 0.29) is 46.5 Å². The highest BCUT2D eigenvalue weighted by Crippen LogP contribution is 2.54. The third-order valence-electron chi connectivity index (χ3n) is 9.20. The Bertz CT molecular complexity index is 1510. The lowest BCUT2D eigenvalue weighted by molar-refractivity contribution is -0.293. The predicted octanol–water partition coefficient (Wildman–Crippen LogP) is -1.52. The number of aliphatic carboxylic acids is 1. The number of halogens is 1. The number of carboxylic acids is 1. The summed E-state index contributed by atoms with van der Waals surface area (Å²) in [6, 6.07) is 0.148. The molecule has 0 radical (unpaired) electrons. The number of nitrogens with two attached hydrogens (primary N) is 1. The monoisotopic (exact) mass is 731 g/mol. The van der Waals surface area contributed by atoms with Crippen LogP contribution in [0.15, 0.2) is 17.9 Å². The van der Waals surface area contributed by atoms with Crippen molar-refractivity contribution in [3.63, 3.8) is 0 Å². The van der Waals surface area contributed by atoms with Gasteiger partial charge in [0.2, 0.25) is 17.2 Å². The molecule has 2 aliphatic carbocycles. The van der Waals surface area contributed by atoms with E-state index in [1.807, 2.05) is 0 Å². The molecule has 2 aliphatic heterocycles. The lowest BCUT2D eigenvalue weighted by Crippen LogP contribution is -2.66. The number of ketones is 2. The number of carbonyl (C=O) groups excluding carboxylic acids is 2. The smallest absolute Gasteiger partial charge is 0.370 e. The van der Waals surface area contributed by atoms with Crippen LogP contribution in [0.4, 0.5) is 0 Å². The number of hydrogen-bond donors (Lipinski definition) is 9. The first-order valence-electron chi connectivity index (χ1n) is 15.5. The maximum absolute atomic E-state index is 13.3. The van der Waals surface area contributed by atoms with Crippen molar-refractivity contribution in [3.05, 3.63) is 28.5 Å². The van der Waals surface area contributed by atoms with Gasteiger partial charge in [0.25, 0.3) is 0 Å². The van der Waals surface area contributed by atoms with Gasteiger partial charge in [-0.05, 0) is 13.3 Å². The molecule has 1 aromatic carbocycles. The Morgan fingerprint density at radius 1 is 1.00 bits per heavy atom. The fourth-order valence-corrected chi connectivity index (χ4v) is 6.64. The van der Waals surface area contributed by atoms with E-state index in [2.05, 4.69) is 5.32 Å². The maximum Gasteiger partial charge on any atom is 0.370 e. The Morgan fingerprint density at radius 2 is 1.58 bits per heavy atom. The first-order valence-corrected chi connectivity index (χ1v) is 15.8. The number of Topliss-reactive ketones (excluding diaryl/α,β-unsaturated/α-hetero) is 1. The van der Waals surface area contributed by atoms with Crippen LogP contribution < -0.4 is 25.3 Å². The highest BCUT2D eigenvalue weighted by molar-refractivity contribution is 6.35. The summed E-state index contributed by atoms with van der Waals surface area (Å²) in [7, 11) is 4.31. The van der Waals surface area contributed by atoms with Gasteiger partial charge in [-0.2, -0.15) is 0 Å². The van der Waals surface area contributed by atoms with Gasteiger partial charge in [-0.15, -0.1) is 0 Å². The summed E-state index contributed by atoms with van der Waals surface area (Å²) in [6.07, 6.45) is -10.2. The van der Waals surface area contributed by atoms with E-state index in [0.29, 0.717) is 11.5 Å². The van der Waals surface area contributed by atoms with E-state index in [9.17, 15) is 39.9 Å². The molecule has 0 unspecified atom stereocenters. The number of hydrogen-bond acceptors (Lipinski definition) is 16. The molecule has 18 nitrogen and oxygen atoms in total. The van der Waals surface area contributed by atoms with Gasteiger partial charge < -0.3 is 70.1 Å². The Morgan fingerprint density at radius 3 is 2.12 bits per heavy atom. The molecular formula is C31H42ClN3O15. The van der Waals surface area contributed by atoms with Crippen molar-refractivity contribution in [2.24, 2.45) is 11.7 Å². The topological polar surface area (TPSA) is 290 Å². The molecule has 5 rings (SSSR count). The SMILES string of the molecule is COC1=CC(=O)C[C@@H](C)[C@]12Oc1c(Cl)c(OC)cc(OC)c1C2=O.C[C@H]1O[C@H](O[C@H]2[C@H](O)[C@@H](O)[C@@H](O)[C@H](O)[C@@H]2O)[C@@H](N)C[C@@H]1NC(=N)C(=O)O. The molecule has 2 fully saturated rings. The van der Waals surface area contributed by atoms with Crippen molar-refractivity contribution in [3.8, 4) is 17.2 Å². The predicted molar refractivity (Wildman–Crippen MR) is 170 cm³/mol. The molecule has 0 aromatic heterocycles. The van der Waals surface area contributed by atoms with Crippen molar-refractivity contribution in [1.82, 2.24) is 5.32 Å². The van der Waals surface area contributed by atoms with Crippen molar-refractivity contribution >= 4 is 35.0 Å². The second kappa shape index (κ2) is 15.3. The lowest BCUT2D eigenvalue weighted by Gasteiger charge is -2.45. The summed E-state index contributed by atoms with van der Waals surface area (Å²) in [5, 5.41) is 67.8. The Labute approximate surface area is 291 Å². The van der Waals surface area contributed by atoms with Crippen LogP contribution in [0.25, 0.3) is 0 Å². The molecule has 1 spiro atoms. The number of ether oxygens (including phenoxy) is 6. The fraction of sp³-hybridized carbons (Fsp3) is 0.613. The van der Waals surface area contributed by atoms with Gasteiger partial charge in [0.05, 0.1) is 39.5 Å². The second-order valence-corrected chi connectivity index (χ2v) is 12.7. The number of nitrogens with one attached hydrogen (secondary N) is 2. The Balaban J connectivity index is 0.000000225. The van der Waals surface area contributed by atoms with Gasteiger partial charge in [-0.1, -0.05) is 18.5 Å². The summed E-state index contributed by atoms with van der Waals surface area (Å²) < 4.78 is 32.9. The minimum Gasteiger partial charge on any atom is -0.496 e. The zero-order valence-corrected chi connectivity index (χ0v) is 28.5. The molecular weight excluding hydrogens is 690 g/mol. The number of fused-ring (bicyclic) bond motifs is 1. The number of amidine groups is 1. The molecule has 0 bridgehead atoms. The summed E-state index contributed by atoms with van der Waals surface area (Å²) in [5.74, 6) is -2.04. The largest absolute Gasteiger partial charge is 0.496 e. The van der Waals surface area contributed by atoms with Gasteiger partial charge in [0, 0.05) is 24.5 Å². The van der Waals surface area contributed by atoms with Crippen molar-refractivity contribution < 1.29 is 73.4 Å².